The van der Waals surface area contributed by atoms with Gasteiger partial charge in [0.25, 0.3) is 0 Å². The highest BCUT2D eigenvalue weighted by atomic mass is 19.4. The first kappa shape index (κ1) is 42.0. The molecule has 0 N–H and O–H groups in total. The minimum atomic E-state index is -6.08. The topological polar surface area (TPSA) is 95.2 Å². The van der Waals surface area contributed by atoms with Gasteiger partial charge in [-0.25, -0.2) is 43.9 Å². The van der Waals surface area contributed by atoms with Gasteiger partial charge in [0, 0.05) is 22.3 Å². The number of rotatable bonds is 4. The van der Waals surface area contributed by atoms with E-state index in [1.54, 1.807) is 0 Å². The van der Waals surface area contributed by atoms with Crippen molar-refractivity contribution in [3.63, 3.8) is 0 Å². The molecule has 0 bridgehead atoms. The fourth-order valence-electron chi connectivity index (χ4n) is 6.62. The summed E-state index contributed by atoms with van der Waals surface area (Å²) in [6.45, 7) is 0. The van der Waals surface area contributed by atoms with Gasteiger partial charge in [-0.05, 0) is 58.7 Å². The van der Waals surface area contributed by atoms with Gasteiger partial charge in [-0.1, -0.05) is 12.1 Å². The van der Waals surface area contributed by atoms with Gasteiger partial charge in [0.1, 0.15) is 34.9 Å². The van der Waals surface area contributed by atoms with Crippen molar-refractivity contribution in [2.45, 2.75) is 12.4 Å². The van der Waals surface area contributed by atoms with E-state index >= 15 is 35.1 Å². The molecule has 300 valence electrons. The van der Waals surface area contributed by atoms with Gasteiger partial charge in [-0.3, -0.25) is 0 Å². The van der Waals surface area contributed by atoms with E-state index in [2.05, 4.69) is 0 Å². The maximum atomic E-state index is 15.7. The zero-order valence-electron chi connectivity index (χ0n) is 28.5. The lowest BCUT2D eigenvalue weighted by Crippen LogP contribution is -2.17. The molecule has 0 saturated heterocycles. The summed E-state index contributed by atoms with van der Waals surface area (Å²) in [5, 5.41) is 40.4. The van der Waals surface area contributed by atoms with Crippen molar-refractivity contribution in [1.29, 1.82) is 21.0 Å². The summed E-state index contributed by atoms with van der Waals surface area (Å²) >= 11 is 0. The van der Waals surface area contributed by atoms with Crippen molar-refractivity contribution >= 4 is 22.3 Å². The van der Waals surface area contributed by atoms with Gasteiger partial charge in [0.05, 0.1) is 45.5 Å². The number of allylic oxidation sites excluding steroid dienone is 10. The second-order valence-electron chi connectivity index (χ2n) is 12.3. The Kier molecular flexibility index (Phi) is 10.3. The average molecular weight is 849 g/mol. The highest BCUT2D eigenvalue weighted by Crippen LogP contribution is 2.55. The van der Waals surface area contributed by atoms with Crippen LogP contribution in [-0.4, -0.2) is 0 Å². The van der Waals surface area contributed by atoms with E-state index in [9.17, 15) is 56.2 Å². The molecule has 0 atom stereocenters. The van der Waals surface area contributed by atoms with Crippen molar-refractivity contribution in [2.75, 3.05) is 0 Å². The average Bonchev–Trinajstić information content (AvgIpc) is 3.71. The molecule has 2 aliphatic carbocycles. The standard InChI is InChI=1S/C40H8F16N4/c41-15-1-3-17(13(5-15)9-57)19-7-21-22(25(19)23(11-59)27-31(43)35(47)29(39(51,52)53)36(48)32(27)44)8-20(18-4-2-16(42)6-14(18)10-58)26(21)24(12-60)28-33(45)37(49)30(40(54,55)56)38(50)34(28)46/h1-8H/b25-23-,26-24-. The van der Waals surface area contributed by atoms with Crippen LogP contribution in [-0.2, 0) is 12.4 Å². The van der Waals surface area contributed by atoms with E-state index in [4.69, 9.17) is 0 Å². The number of alkyl halides is 6. The van der Waals surface area contributed by atoms with Crippen LogP contribution in [0.3, 0.4) is 0 Å². The number of hydrogen-bond donors (Lipinski definition) is 0. The Morgan fingerprint density at radius 2 is 0.733 bits per heavy atom. The van der Waals surface area contributed by atoms with Gasteiger partial charge in [-0.15, -0.1) is 0 Å². The number of hydrogen-bond acceptors (Lipinski definition) is 4. The molecule has 0 aromatic heterocycles. The van der Waals surface area contributed by atoms with Crippen LogP contribution >= 0.6 is 0 Å². The number of nitriles is 4. The molecule has 0 saturated carbocycles. The fraction of sp³-hybridized carbons (Fsp3) is 0.0500. The van der Waals surface area contributed by atoms with Crippen LogP contribution in [0.25, 0.3) is 22.3 Å². The Bertz CT molecular complexity index is 2730. The zero-order chi connectivity index (χ0) is 44.5. The second-order valence-corrected chi connectivity index (χ2v) is 12.3. The molecule has 0 radical (unpaired) electrons. The van der Waals surface area contributed by atoms with Crippen LogP contribution in [0, 0.1) is 103 Å². The molecule has 0 heterocycles. The van der Waals surface area contributed by atoms with Gasteiger partial charge < -0.3 is 0 Å². The van der Waals surface area contributed by atoms with Gasteiger partial charge in [0.15, 0.2) is 46.5 Å². The Morgan fingerprint density at radius 3 is 0.983 bits per heavy atom. The largest absolute Gasteiger partial charge is 0.422 e. The molecule has 0 amide bonds. The van der Waals surface area contributed by atoms with Gasteiger partial charge in [-0.2, -0.15) is 47.4 Å². The monoisotopic (exact) mass is 848 g/mol. The van der Waals surface area contributed by atoms with E-state index in [1.165, 1.54) is 12.1 Å². The summed E-state index contributed by atoms with van der Waals surface area (Å²) in [7, 11) is 0. The third-order valence-corrected chi connectivity index (χ3v) is 9.05. The SMILES string of the molecule is N#C/C(=C1\C(c2ccc(F)cc2C#N)=CC2=C1C=C(c1ccc(F)cc1C#N)/C2=C(\C#N)c1c(F)c(F)c(C(F)(F)F)c(F)c1F)c1c(F)c(F)c(C(F)(F)F)c(F)c1F. The molecule has 4 aromatic carbocycles. The van der Waals surface area contributed by atoms with Crippen molar-refractivity contribution < 1.29 is 70.2 Å². The molecular weight excluding hydrogens is 840 g/mol. The third-order valence-electron chi connectivity index (χ3n) is 9.05. The number of benzene rings is 4. The lowest BCUT2D eigenvalue weighted by molar-refractivity contribution is -0.144. The van der Waals surface area contributed by atoms with Crippen LogP contribution in [0.1, 0.15) is 44.5 Å². The van der Waals surface area contributed by atoms with Crippen LogP contribution in [0.4, 0.5) is 70.2 Å². The summed E-state index contributed by atoms with van der Waals surface area (Å²) in [6, 6.07) is 9.17. The Morgan fingerprint density at radius 1 is 0.433 bits per heavy atom. The summed E-state index contributed by atoms with van der Waals surface area (Å²) in [5.41, 5.74) is -21.5. The van der Waals surface area contributed by atoms with Crippen molar-refractivity contribution in [3.05, 3.63) is 174 Å². The van der Waals surface area contributed by atoms with Gasteiger partial charge in [0.2, 0.25) is 0 Å². The number of nitrogens with zero attached hydrogens (tertiary/aromatic N) is 4. The molecule has 20 heteroatoms. The highest BCUT2D eigenvalue weighted by molar-refractivity contribution is 6.12. The molecule has 0 fully saturated rings. The first-order chi connectivity index (χ1) is 28.0. The molecule has 0 spiro atoms. The summed E-state index contributed by atoms with van der Waals surface area (Å²) in [5.74, 6) is -25.9. The summed E-state index contributed by atoms with van der Waals surface area (Å²) in [4.78, 5) is 0. The van der Waals surface area contributed by atoms with E-state index in [0.717, 1.165) is 24.3 Å². The van der Waals surface area contributed by atoms with Crippen molar-refractivity contribution in [2.24, 2.45) is 0 Å². The molecule has 6 rings (SSSR count). The van der Waals surface area contributed by atoms with Crippen LogP contribution < -0.4 is 0 Å². The third kappa shape index (κ3) is 6.43. The minimum Gasteiger partial charge on any atom is -0.207 e. The molecule has 4 aromatic rings. The highest BCUT2D eigenvalue weighted by Gasteiger charge is 2.46. The van der Waals surface area contributed by atoms with Crippen LogP contribution in [0.15, 0.2) is 70.8 Å². The predicted molar refractivity (Wildman–Crippen MR) is 173 cm³/mol. The van der Waals surface area contributed by atoms with Crippen molar-refractivity contribution in [3.8, 4) is 24.3 Å². The van der Waals surface area contributed by atoms with E-state index < -0.39 is 160 Å². The normalized spacial score (nSPS) is 15.5. The minimum absolute atomic E-state index is 0.525. The smallest absolute Gasteiger partial charge is 0.207 e. The maximum Gasteiger partial charge on any atom is 0.422 e. The molecule has 0 aliphatic heterocycles. The molecule has 0 unspecified atom stereocenters. The zero-order valence-corrected chi connectivity index (χ0v) is 28.5. The molecule has 4 nitrogen and oxygen atoms in total. The van der Waals surface area contributed by atoms with E-state index in [-0.39, 0.29) is 0 Å². The Labute approximate surface area is 323 Å². The van der Waals surface area contributed by atoms with Crippen molar-refractivity contribution in [1.82, 2.24) is 0 Å². The predicted octanol–water partition coefficient (Wildman–Crippen LogP) is 11.6. The Hall–Kier alpha value is -7.58. The van der Waals surface area contributed by atoms with Crippen LogP contribution in [0.5, 0.6) is 0 Å². The fourth-order valence-corrected chi connectivity index (χ4v) is 6.62. The summed E-state index contributed by atoms with van der Waals surface area (Å²) < 4.78 is 232. The quantitative estimate of drug-likeness (QED) is 0.116. The lowest BCUT2D eigenvalue weighted by Gasteiger charge is -2.18. The van der Waals surface area contributed by atoms with E-state index in [0.29, 0.717) is 36.4 Å². The maximum absolute atomic E-state index is 15.7. The summed E-state index contributed by atoms with van der Waals surface area (Å²) in [6.07, 6.45) is -10.8. The van der Waals surface area contributed by atoms with Gasteiger partial charge >= 0.3 is 12.4 Å². The number of halogens is 16. The first-order valence-electron chi connectivity index (χ1n) is 15.8. The molecule has 2 aliphatic rings. The molecular formula is C40H8F16N4. The Balaban J connectivity index is 1.88. The lowest BCUT2D eigenvalue weighted by atomic mass is 9.85. The van der Waals surface area contributed by atoms with E-state index in [1.807, 2.05) is 0 Å². The molecule has 60 heavy (non-hydrogen) atoms. The first-order valence-corrected chi connectivity index (χ1v) is 15.8. The second kappa shape index (κ2) is 14.7. The van der Waals surface area contributed by atoms with Crippen LogP contribution in [0.2, 0.25) is 0 Å².